The Hall–Kier alpha value is -1.95. The highest BCUT2D eigenvalue weighted by molar-refractivity contribution is 9.10. The van der Waals surface area contributed by atoms with Crippen LogP contribution in [0.4, 0.5) is 5.82 Å². The summed E-state index contributed by atoms with van der Waals surface area (Å²) < 4.78 is 2.22. The molecule has 0 spiro atoms. The Morgan fingerprint density at radius 2 is 2.16 bits per heavy atom. The van der Waals surface area contributed by atoms with E-state index in [9.17, 15) is 9.59 Å². The van der Waals surface area contributed by atoms with Crippen molar-refractivity contribution in [3.63, 3.8) is 0 Å². The van der Waals surface area contributed by atoms with E-state index in [2.05, 4.69) is 26.2 Å². The summed E-state index contributed by atoms with van der Waals surface area (Å²) in [6, 6.07) is 8.46. The van der Waals surface area contributed by atoms with E-state index >= 15 is 0 Å². The van der Waals surface area contributed by atoms with Gasteiger partial charge in [0, 0.05) is 31.4 Å². The van der Waals surface area contributed by atoms with E-state index in [4.69, 9.17) is 0 Å². The molecule has 0 unspecified atom stereocenters. The summed E-state index contributed by atoms with van der Waals surface area (Å²) in [7, 11) is 0. The van der Waals surface area contributed by atoms with Gasteiger partial charge in [-0.3, -0.25) is 9.59 Å². The number of anilines is 1. The van der Waals surface area contributed by atoms with Gasteiger partial charge in [0.2, 0.25) is 5.91 Å². The summed E-state index contributed by atoms with van der Waals surface area (Å²) in [6.45, 7) is 0.343. The summed E-state index contributed by atoms with van der Waals surface area (Å²) >= 11 is 3.30. The molecule has 98 valence electrons. The zero-order chi connectivity index (χ0) is 13.7. The van der Waals surface area contributed by atoms with E-state index in [1.165, 1.54) is 10.6 Å². The lowest BCUT2D eigenvalue weighted by Gasteiger charge is -2.07. The van der Waals surface area contributed by atoms with Gasteiger partial charge in [-0.25, -0.2) is 4.98 Å². The number of nitrogens with one attached hydrogen (secondary N) is 1. The van der Waals surface area contributed by atoms with Crippen LogP contribution in [0.2, 0.25) is 0 Å². The molecule has 6 heteroatoms. The first-order valence-electron chi connectivity index (χ1n) is 5.72. The maximum atomic E-state index is 11.8. The van der Waals surface area contributed by atoms with Crippen molar-refractivity contribution >= 4 is 27.7 Å². The van der Waals surface area contributed by atoms with Crippen molar-refractivity contribution in [2.24, 2.45) is 0 Å². The summed E-state index contributed by atoms with van der Waals surface area (Å²) in [5.74, 6) is 0.295. The zero-order valence-electron chi connectivity index (χ0n) is 10.0. The predicted octanol–water partition coefficient (Wildman–Crippen LogP) is 2.03. The second-order valence-electron chi connectivity index (χ2n) is 3.86. The van der Waals surface area contributed by atoms with E-state index in [1.54, 1.807) is 36.7 Å². The largest absolute Gasteiger partial charge is 0.315 e. The molecule has 0 saturated carbocycles. The molecule has 0 aliphatic heterocycles. The molecule has 0 atom stereocenters. The van der Waals surface area contributed by atoms with E-state index in [0.717, 1.165) is 4.47 Å². The molecule has 2 rings (SSSR count). The lowest BCUT2D eigenvalue weighted by atomic mass is 10.3. The normalized spacial score (nSPS) is 10.2. The average molecular weight is 322 g/mol. The number of hydrogen-bond donors (Lipinski definition) is 1. The maximum absolute atomic E-state index is 11.8. The van der Waals surface area contributed by atoms with E-state index in [1.807, 2.05) is 0 Å². The first-order chi connectivity index (χ1) is 9.16. The van der Waals surface area contributed by atoms with Crippen molar-refractivity contribution in [3.8, 4) is 0 Å². The molecule has 0 aromatic carbocycles. The van der Waals surface area contributed by atoms with Gasteiger partial charge < -0.3 is 9.88 Å². The SMILES string of the molecule is O=C(CCn1ccccc1=O)Nc1ncccc1Br. The van der Waals surface area contributed by atoms with Crippen molar-refractivity contribution in [2.75, 3.05) is 5.32 Å². The number of rotatable bonds is 4. The molecule has 2 aromatic rings. The van der Waals surface area contributed by atoms with E-state index < -0.39 is 0 Å². The third-order valence-corrected chi connectivity index (χ3v) is 3.13. The Balaban J connectivity index is 1.94. The molecule has 0 bridgehead atoms. The quantitative estimate of drug-likeness (QED) is 0.937. The van der Waals surface area contributed by atoms with Crippen molar-refractivity contribution in [2.45, 2.75) is 13.0 Å². The van der Waals surface area contributed by atoms with Gasteiger partial charge >= 0.3 is 0 Å². The summed E-state index contributed by atoms with van der Waals surface area (Å²) in [6.07, 6.45) is 3.47. The minimum absolute atomic E-state index is 0.116. The van der Waals surface area contributed by atoms with Gasteiger partial charge in [-0.2, -0.15) is 0 Å². The van der Waals surface area contributed by atoms with Crippen LogP contribution < -0.4 is 10.9 Å². The average Bonchev–Trinajstić information content (AvgIpc) is 2.40. The fraction of sp³-hybridized carbons (Fsp3) is 0.154. The number of pyridine rings is 2. The molecule has 0 aliphatic carbocycles. The maximum Gasteiger partial charge on any atom is 0.250 e. The zero-order valence-corrected chi connectivity index (χ0v) is 11.6. The van der Waals surface area contributed by atoms with Crippen LogP contribution in [-0.4, -0.2) is 15.5 Å². The monoisotopic (exact) mass is 321 g/mol. The summed E-state index contributed by atoms with van der Waals surface area (Å²) in [5.41, 5.74) is -0.116. The highest BCUT2D eigenvalue weighted by atomic mass is 79.9. The molecule has 1 N–H and O–H groups in total. The van der Waals surface area contributed by atoms with Crippen molar-refractivity contribution in [1.82, 2.24) is 9.55 Å². The molecule has 19 heavy (non-hydrogen) atoms. The number of carbonyl (C=O) groups is 1. The Kier molecular flexibility index (Phi) is 4.46. The van der Waals surface area contributed by atoms with Crippen LogP contribution in [0.5, 0.6) is 0 Å². The van der Waals surface area contributed by atoms with E-state index in [0.29, 0.717) is 12.4 Å². The van der Waals surface area contributed by atoms with Crippen LogP contribution in [0.1, 0.15) is 6.42 Å². The van der Waals surface area contributed by atoms with E-state index in [-0.39, 0.29) is 17.9 Å². The van der Waals surface area contributed by atoms with Gasteiger partial charge in [0.1, 0.15) is 5.82 Å². The van der Waals surface area contributed by atoms with Crippen LogP contribution in [-0.2, 0) is 11.3 Å². The number of aromatic nitrogens is 2. The first kappa shape index (κ1) is 13.5. The van der Waals surface area contributed by atoms with Crippen LogP contribution in [0, 0.1) is 0 Å². The van der Waals surface area contributed by atoms with Crippen molar-refractivity contribution < 1.29 is 4.79 Å². The van der Waals surface area contributed by atoms with Crippen molar-refractivity contribution in [1.29, 1.82) is 0 Å². The van der Waals surface area contributed by atoms with Gasteiger partial charge in [0.15, 0.2) is 0 Å². The second kappa shape index (κ2) is 6.29. The number of halogens is 1. The second-order valence-corrected chi connectivity index (χ2v) is 4.72. The number of hydrogen-bond acceptors (Lipinski definition) is 3. The molecular weight excluding hydrogens is 310 g/mol. The predicted molar refractivity (Wildman–Crippen MR) is 75.9 cm³/mol. The van der Waals surface area contributed by atoms with Crippen LogP contribution in [0.25, 0.3) is 0 Å². The van der Waals surface area contributed by atoms with Gasteiger partial charge in [-0.15, -0.1) is 0 Å². The Bertz CT molecular complexity index is 640. The standard InChI is InChI=1S/C13H12BrN3O2/c14-10-4-3-7-15-13(10)16-11(18)6-9-17-8-2-1-5-12(17)19/h1-5,7-8H,6,9H2,(H,15,16,18). The molecule has 0 radical (unpaired) electrons. The molecule has 0 aliphatic rings. The highest BCUT2D eigenvalue weighted by Crippen LogP contribution is 2.18. The molecule has 5 nitrogen and oxygen atoms in total. The molecular formula is C13H12BrN3O2. The molecule has 1 amide bonds. The Morgan fingerprint density at radius 3 is 2.89 bits per heavy atom. The molecule has 2 heterocycles. The molecule has 0 saturated heterocycles. The first-order valence-corrected chi connectivity index (χ1v) is 6.52. The number of carbonyl (C=O) groups excluding carboxylic acids is 1. The number of amides is 1. The lowest BCUT2D eigenvalue weighted by molar-refractivity contribution is -0.116. The third-order valence-electron chi connectivity index (χ3n) is 2.50. The number of nitrogens with zero attached hydrogens (tertiary/aromatic N) is 2. The lowest BCUT2D eigenvalue weighted by Crippen LogP contribution is -2.22. The minimum Gasteiger partial charge on any atom is -0.315 e. The number of aryl methyl sites for hydroxylation is 1. The Labute approximate surface area is 118 Å². The minimum atomic E-state index is -0.185. The molecule has 2 aromatic heterocycles. The fourth-order valence-corrected chi connectivity index (χ4v) is 1.89. The highest BCUT2D eigenvalue weighted by Gasteiger charge is 2.06. The third kappa shape index (κ3) is 3.75. The van der Waals surface area contributed by atoms with Crippen LogP contribution >= 0.6 is 15.9 Å². The van der Waals surface area contributed by atoms with Crippen molar-refractivity contribution in [3.05, 3.63) is 57.6 Å². The summed E-state index contributed by atoms with van der Waals surface area (Å²) in [4.78, 5) is 27.3. The molecule has 0 fully saturated rings. The summed E-state index contributed by atoms with van der Waals surface area (Å²) in [5, 5.41) is 2.69. The van der Waals surface area contributed by atoms with Crippen LogP contribution in [0.3, 0.4) is 0 Å². The fourth-order valence-electron chi connectivity index (χ4n) is 1.54. The topological polar surface area (TPSA) is 64.0 Å². The van der Waals surface area contributed by atoms with Gasteiger partial charge in [0.25, 0.3) is 5.56 Å². The van der Waals surface area contributed by atoms with Gasteiger partial charge in [0.05, 0.1) is 4.47 Å². The Morgan fingerprint density at radius 1 is 1.32 bits per heavy atom. The van der Waals surface area contributed by atoms with Gasteiger partial charge in [-0.1, -0.05) is 6.07 Å². The van der Waals surface area contributed by atoms with Crippen LogP contribution in [0.15, 0.2) is 52.0 Å². The smallest absolute Gasteiger partial charge is 0.250 e. The van der Waals surface area contributed by atoms with Gasteiger partial charge in [-0.05, 0) is 34.1 Å².